The highest BCUT2D eigenvalue weighted by atomic mass is 35.5. The lowest BCUT2D eigenvalue weighted by Crippen LogP contribution is -2.05. The molecule has 1 N–H and O–H groups in total. The van der Waals surface area contributed by atoms with Crippen LogP contribution in [-0.2, 0) is 5.75 Å². The van der Waals surface area contributed by atoms with Crippen LogP contribution in [0.2, 0.25) is 10.0 Å². The van der Waals surface area contributed by atoms with Crippen molar-refractivity contribution >= 4 is 57.0 Å². The van der Waals surface area contributed by atoms with E-state index < -0.39 is 0 Å². The largest absolute Gasteiger partial charge is 0.423 e. The molecule has 2 aromatic carbocycles. The Hall–Kier alpha value is -1.95. The Bertz CT molecular complexity index is 1080. The van der Waals surface area contributed by atoms with Gasteiger partial charge in [0.25, 0.3) is 0 Å². The minimum atomic E-state index is -0.330. The second kappa shape index (κ2) is 6.16. The van der Waals surface area contributed by atoms with Gasteiger partial charge in [0.05, 0.1) is 21.1 Å². The molecular formula is C17H10Cl2N2O2S. The van der Waals surface area contributed by atoms with Gasteiger partial charge in [0.1, 0.15) is 5.58 Å². The standard InChI is InChI=1S/C17H10Cl2N2O2S/c18-11-6-13-14(7-12(11)19)21-17(20-13)24-8-10-5-9-3-1-2-4-15(9)23-16(10)22/h1-7H,8H2,(H,20,21). The van der Waals surface area contributed by atoms with E-state index in [9.17, 15) is 4.79 Å². The lowest BCUT2D eigenvalue weighted by molar-refractivity contribution is 0.554. The Morgan fingerprint density at radius 3 is 2.79 bits per heavy atom. The van der Waals surface area contributed by atoms with Gasteiger partial charge in [-0.25, -0.2) is 9.78 Å². The second-order valence-corrected chi connectivity index (χ2v) is 6.99. The lowest BCUT2D eigenvalue weighted by atomic mass is 10.2. The van der Waals surface area contributed by atoms with Crippen molar-refractivity contribution < 1.29 is 4.42 Å². The molecule has 4 nitrogen and oxygen atoms in total. The summed E-state index contributed by atoms with van der Waals surface area (Å²) < 4.78 is 5.34. The average Bonchev–Trinajstić information content (AvgIpc) is 2.95. The molecule has 24 heavy (non-hydrogen) atoms. The van der Waals surface area contributed by atoms with Crippen LogP contribution in [0.1, 0.15) is 5.56 Å². The molecule has 0 radical (unpaired) electrons. The normalized spacial score (nSPS) is 11.4. The average molecular weight is 377 g/mol. The fourth-order valence-corrected chi connectivity index (χ4v) is 3.56. The van der Waals surface area contributed by atoms with Gasteiger partial charge in [0, 0.05) is 16.7 Å². The SMILES string of the molecule is O=c1oc2ccccc2cc1CSc1nc2cc(Cl)c(Cl)cc2[nH]1. The molecule has 0 bridgehead atoms. The molecule has 0 amide bonds. The summed E-state index contributed by atoms with van der Waals surface area (Å²) in [6.45, 7) is 0. The zero-order chi connectivity index (χ0) is 16.7. The van der Waals surface area contributed by atoms with Gasteiger partial charge in [-0.05, 0) is 24.3 Å². The van der Waals surface area contributed by atoms with Gasteiger partial charge in [0.15, 0.2) is 5.16 Å². The van der Waals surface area contributed by atoms with Crippen LogP contribution in [0.15, 0.2) is 56.8 Å². The van der Waals surface area contributed by atoms with Crippen molar-refractivity contribution in [3.05, 3.63) is 68.5 Å². The van der Waals surface area contributed by atoms with Gasteiger partial charge < -0.3 is 9.40 Å². The quantitative estimate of drug-likeness (QED) is 0.390. The first-order valence-corrected chi connectivity index (χ1v) is 8.83. The predicted octanol–water partition coefficient (Wildman–Crippen LogP) is 5.27. The topological polar surface area (TPSA) is 58.9 Å². The van der Waals surface area contributed by atoms with Crippen molar-refractivity contribution in [1.82, 2.24) is 9.97 Å². The maximum absolute atomic E-state index is 12.1. The monoisotopic (exact) mass is 376 g/mol. The Balaban J connectivity index is 1.63. The summed E-state index contributed by atoms with van der Waals surface area (Å²) >= 11 is 13.4. The Labute approximate surface area is 150 Å². The fourth-order valence-electron chi connectivity index (χ4n) is 2.40. The summed E-state index contributed by atoms with van der Waals surface area (Å²) in [5.41, 5.74) is 2.39. The Kier molecular flexibility index (Phi) is 4.00. The Morgan fingerprint density at radius 2 is 1.92 bits per heavy atom. The number of hydrogen-bond donors (Lipinski definition) is 1. The molecule has 2 heterocycles. The van der Waals surface area contributed by atoms with E-state index in [-0.39, 0.29) is 5.63 Å². The summed E-state index contributed by atoms with van der Waals surface area (Å²) in [6.07, 6.45) is 0. The number of benzene rings is 2. The number of H-pyrrole nitrogens is 1. The van der Waals surface area contributed by atoms with E-state index in [1.807, 2.05) is 24.3 Å². The number of halogens is 2. The molecule has 2 aromatic heterocycles. The molecule has 120 valence electrons. The molecule has 0 aliphatic carbocycles. The number of aromatic amines is 1. The zero-order valence-corrected chi connectivity index (χ0v) is 14.5. The van der Waals surface area contributed by atoms with Gasteiger partial charge in [-0.3, -0.25) is 0 Å². The number of para-hydroxylation sites is 1. The van der Waals surface area contributed by atoms with E-state index in [1.54, 1.807) is 18.2 Å². The second-order valence-electron chi connectivity index (χ2n) is 5.21. The smallest absolute Gasteiger partial charge is 0.340 e. The van der Waals surface area contributed by atoms with Gasteiger partial charge in [-0.2, -0.15) is 0 Å². The molecule has 0 saturated heterocycles. The summed E-state index contributed by atoms with van der Waals surface area (Å²) in [5.74, 6) is 0.453. The third-order valence-corrected chi connectivity index (χ3v) is 5.22. The minimum Gasteiger partial charge on any atom is -0.423 e. The Morgan fingerprint density at radius 1 is 1.12 bits per heavy atom. The third-order valence-electron chi connectivity index (χ3n) is 3.58. The van der Waals surface area contributed by atoms with Crippen LogP contribution in [0.4, 0.5) is 0 Å². The van der Waals surface area contributed by atoms with Crippen molar-refractivity contribution in [1.29, 1.82) is 0 Å². The number of rotatable bonds is 3. The third kappa shape index (κ3) is 2.90. The molecule has 0 atom stereocenters. The highest BCUT2D eigenvalue weighted by Gasteiger charge is 2.10. The van der Waals surface area contributed by atoms with Gasteiger partial charge >= 0.3 is 5.63 Å². The number of thioether (sulfide) groups is 1. The summed E-state index contributed by atoms with van der Waals surface area (Å²) in [6, 6.07) is 12.7. The molecule has 0 spiro atoms. The van der Waals surface area contributed by atoms with Crippen molar-refractivity contribution in [3.63, 3.8) is 0 Å². The molecule has 0 fully saturated rings. The number of aromatic nitrogens is 2. The summed E-state index contributed by atoms with van der Waals surface area (Å²) in [7, 11) is 0. The van der Waals surface area contributed by atoms with Crippen LogP contribution in [0.3, 0.4) is 0 Å². The molecule has 0 saturated carbocycles. The van der Waals surface area contributed by atoms with Crippen LogP contribution in [0.5, 0.6) is 0 Å². The number of hydrogen-bond acceptors (Lipinski definition) is 4. The van der Waals surface area contributed by atoms with E-state index in [1.165, 1.54) is 11.8 Å². The van der Waals surface area contributed by atoms with Crippen LogP contribution < -0.4 is 5.63 Å². The number of nitrogens with zero attached hydrogens (tertiary/aromatic N) is 1. The highest BCUT2D eigenvalue weighted by Crippen LogP contribution is 2.29. The van der Waals surface area contributed by atoms with E-state index in [2.05, 4.69) is 9.97 Å². The molecular weight excluding hydrogens is 367 g/mol. The first-order valence-electron chi connectivity index (χ1n) is 7.09. The molecule has 0 aliphatic heterocycles. The van der Waals surface area contributed by atoms with E-state index in [0.717, 1.165) is 16.4 Å². The minimum absolute atomic E-state index is 0.330. The van der Waals surface area contributed by atoms with E-state index in [0.29, 0.717) is 32.1 Å². The van der Waals surface area contributed by atoms with Gasteiger partial charge in [0.2, 0.25) is 0 Å². The first-order chi connectivity index (χ1) is 11.6. The number of fused-ring (bicyclic) bond motifs is 2. The molecule has 4 aromatic rings. The molecule has 0 unspecified atom stereocenters. The van der Waals surface area contributed by atoms with E-state index >= 15 is 0 Å². The zero-order valence-electron chi connectivity index (χ0n) is 12.2. The van der Waals surface area contributed by atoms with Crippen molar-refractivity contribution in [2.24, 2.45) is 0 Å². The van der Waals surface area contributed by atoms with Crippen molar-refractivity contribution in [3.8, 4) is 0 Å². The lowest BCUT2D eigenvalue weighted by Gasteiger charge is -2.00. The molecule has 0 aliphatic rings. The van der Waals surface area contributed by atoms with Gasteiger partial charge in [-0.15, -0.1) is 0 Å². The molecule has 7 heteroatoms. The summed E-state index contributed by atoms with van der Waals surface area (Å²) in [4.78, 5) is 19.7. The maximum Gasteiger partial charge on any atom is 0.340 e. The first kappa shape index (κ1) is 15.6. The van der Waals surface area contributed by atoms with E-state index in [4.69, 9.17) is 27.6 Å². The van der Waals surface area contributed by atoms with Crippen LogP contribution >= 0.6 is 35.0 Å². The van der Waals surface area contributed by atoms with Gasteiger partial charge in [-0.1, -0.05) is 53.2 Å². The number of nitrogens with one attached hydrogen (secondary N) is 1. The number of imidazole rings is 1. The van der Waals surface area contributed by atoms with Crippen molar-refractivity contribution in [2.45, 2.75) is 10.9 Å². The summed E-state index contributed by atoms with van der Waals surface area (Å²) in [5, 5.41) is 2.52. The molecule has 4 rings (SSSR count). The highest BCUT2D eigenvalue weighted by molar-refractivity contribution is 7.98. The fraction of sp³-hybridized carbons (Fsp3) is 0.0588. The van der Waals surface area contributed by atoms with Crippen LogP contribution in [-0.4, -0.2) is 9.97 Å². The predicted molar refractivity (Wildman–Crippen MR) is 98.2 cm³/mol. The van der Waals surface area contributed by atoms with Crippen LogP contribution in [0.25, 0.3) is 22.0 Å². The van der Waals surface area contributed by atoms with Crippen LogP contribution in [0, 0.1) is 0 Å². The maximum atomic E-state index is 12.1. The van der Waals surface area contributed by atoms with Crippen molar-refractivity contribution in [2.75, 3.05) is 0 Å².